The van der Waals surface area contributed by atoms with E-state index in [1.807, 2.05) is 0 Å². The lowest BCUT2D eigenvalue weighted by Gasteiger charge is -2.08. The van der Waals surface area contributed by atoms with Gasteiger partial charge in [0.15, 0.2) is 0 Å². The molecule has 1 amide bonds. The lowest BCUT2D eigenvalue weighted by atomic mass is 10.1. The van der Waals surface area contributed by atoms with Crippen molar-refractivity contribution in [1.29, 1.82) is 0 Å². The average Bonchev–Trinajstić information content (AvgIpc) is 3.27. The van der Waals surface area contributed by atoms with Gasteiger partial charge >= 0.3 is 0 Å². The van der Waals surface area contributed by atoms with Crippen molar-refractivity contribution < 1.29 is 22.8 Å². The van der Waals surface area contributed by atoms with Crippen molar-refractivity contribution in [3.8, 4) is 22.8 Å². The molecule has 0 aliphatic rings. The second-order valence-corrected chi connectivity index (χ2v) is 7.43. The molecule has 8 nitrogen and oxygen atoms in total. The zero-order chi connectivity index (χ0) is 23.9. The van der Waals surface area contributed by atoms with Gasteiger partial charge in [0.25, 0.3) is 11.5 Å². The first-order valence-electron chi connectivity index (χ1n) is 9.58. The third-order valence-corrected chi connectivity index (χ3v) is 5.46. The molecule has 0 aliphatic heterocycles. The number of anilines is 1. The minimum Gasteiger partial charge on any atom is -0.497 e. The molecule has 0 saturated carbocycles. The molecule has 0 bridgehead atoms. The van der Waals surface area contributed by atoms with Gasteiger partial charge in [-0.3, -0.25) is 14.3 Å². The number of ether oxygens (including phenoxy) is 1. The van der Waals surface area contributed by atoms with Crippen LogP contribution in [0.25, 0.3) is 17.0 Å². The Kier molecular flexibility index (Phi) is 5.77. The summed E-state index contributed by atoms with van der Waals surface area (Å²) in [6.07, 6.45) is 0. The van der Waals surface area contributed by atoms with Crippen LogP contribution in [0, 0.1) is 18.6 Å². The number of nitrogens with zero attached hydrogens (tertiary/aromatic N) is 3. The Balaban J connectivity index is 1.69. The molecule has 1 N–H and O–H groups in total. The van der Waals surface area contributed by atoms with Crippen molar-refractivity contribution in [3.05, 3.63) is 80.9 Å². The van der Waals surface area contributed by atoms with Crippen LogP contribution in [0.4, 0.5) is 14.5 Å². The van der Waals surface area contributed by atoms with Crippen molar-refractivity contribution in [2.75, 3.05) is 12.4 Å². The molecule has 11 heteroatoms. The number of hydrogen-bond acceptors (Lipinski definition) is 5. The maximum atomic E-state index is 15.0. The van der Waals surface area contributed by atoms with Crippen molar-refractivity contribution in [1.82, 2.24) is 14.5 Å². The fourth-order valence-corrected chi connectivity index (χ4v) is 3.57. The van der Waals surface area contributed by atoms with Crippen LogP contribution in [0.5, 0.6) is 5.75 Å². The van der Waals surface area contributed by atoms with E-state index in [0.29, 0.717) is 11.4 Å². The molecular weight excluding hydrogens is 458 g/mol. The monoisotopic (exact) mass is 474 g/mol. The van der Waals surface area contributed by atoms with E-state index in [1.54, 1.807) is 19.1 Å². The van der Waals surface area contributed by atoms with Gasteiger partial charge in [-0.15, -0.1) is 0 Å². The van der Waals surface area contributed by atoms with Crippen molar-refractivity contribution in [3.63, 3.8) is 0 Å². The summed E-state index contributed by atoms with van der Waals surface area (Å²) in [5, 5.41) is 5.99. The summed E-state index contributed by atoms with van der Waals surface area (Å²) < 4.78 is 41.7. The summed E-state index contributed by atoms with van der Waals surface area (Å²) in [7, 11) is 2.98. The Morgan fingerprint density at radius 2 is 1.94 bits per heavy atom. The summed E-state index contributed by atoms with van der Waals surface area (Å²) in [4.78, 5) is 25.7. The van der Waals surface area contributed by atoms with E-state index in [0.717, 1.165) is 4.68 Å². The van der Waals surface area contributed by atoms with Gasteiger partial charge in [-0.25, -0.2) is 9.07 Å². The third kappa shape index (κ3) is 3.78. The molecule has 4 aromatic rings. The molecule has 0 fully saturated rings. The number of amides is 1. The number of carbonyl (C=O) groups excluding carboxylic acids is 1. The van der Waals surface area contributed by atoms with Gasteiger partial charge in [-0.05, 0) is 37.3 Å². The molecule has 0 atom stereocenters. The fourth-order valence-electron chi connectivity index (χ4n) is 3.31. The van der Waals surface area contributed by atoms with E-state index < -0.39 is 28.8 Å². The van der Waals surface area contributed by atoms with Gasteiger partial charge < -0.3 is 14.6 Å². The molecule has 0 spiro atoms. The molecule has 33 heavy (non-hydrogen) atoms. The zero-order valence-corrected chi connectivity index (χ0v) is 18.4. The van der Waals surface area contributed by atoms with Crippen LogP contribution < -0.4 is 15.6 Å². The molecule has 0 saturated heterocycles. The third-order valence-electron chi connectivity index (χ3n) is 5.14. The van der Waals surface area contributed by atoms with E-state index in [1.165, 1.54) is 49.2 Å². The highest BCUT2D eigenvalue weighted by Gasteiger charge is 2.27. The van der Waals surface area contributed by atoms with Gasteiger partial charge in [0, 0.05) is 12.6 Å². The Hall–Kier alpha value is -3.92. The molecule has 0 aliphatic carbocycles. The van der Waals surface area contributed by atoms with Gasteiger partial charge in [0.2, 0.25) is 17.3 Å². The summed E-state index contributed by atoms with van der Waals surface area (Å²) in [5.74, 6) is -2.59. The predicted octanol–water partition coefficient (Wildman–Crippen LogP) is 4.33. The number of aromatic nitrogens is 3. The Morgan fingerprint density at radius 1 is 1.21 bits per heavy atom. The van der Waals surface area contributed by atoms with Crippen LogP contribution in [0.2, 0.25) is 5.02 Å². The number of rotatable bonds is 5. The Morgan fingerprint density at radius 3 is 2.61 bits per heavy atom. The van der Waals surface area contributed by atoms with E-state index in [2.05, 4.69) is 10.5 Å². The van der Waals surface area contributed by atoms with E-state index in [9.17, 15) is 18.4 Å². The first kappa shape index (κ1) is 22.3. The first-order chi connectivity index (χ1) is 15.7. The number of hydrogen-bond donors (Lipinski definition) is 1. The standard InChI is InChI=1S/C22H17ClF2N4O4/c1-11-18(22(31)29(28(11)2)16-7-5-4-6-15(16)24)26-21(30)19-17(25)20(33-27-19)13-9-8-12(32-3)10-14(13)23/h4-10H,1-3H3,(H,26,30). The van der Waals surface area contributed by atoms with Crippen LogP contribution in [0.3, 0.4) is 0 Å². The van der Waals surface area contributed by atoms with Crippen LogP contribution in [0.1, 0.15) is 16.2 Å². The SMILES string of the molecule is COc1ccc(-c2onc(C(=O)Nc3c(C)n(C)n(-c4ccccc4F)c3=O)c2F)c(Cl)c1. The molecule has 2 aromatic carbocycles. The summed E-state index contributed by atoms with van der Waals surface area (Å²) in [6.45, 7) is 1.55. The quantitative estimate of drug-likeness (QED) is 0.465. The summed E-state index contributed by atoms with van der Waals surface area (Å²) >= 11 is 6.15. The highest BCUT2D eigenvalue weighted by atomic mass is 35.5. The maximum Gasteiger partial charge on any atom is 0.295 e. The first-order valence-corrected chi connectivity index (χ1v) is 9.96. The molecule has 0 unspecified atom stereocenters. The minimum atomic E-state index is -1.05. The number of benzene rings is 2. The smallest absolute Gasteiger partial charge is 0.295 e. The molecule has 2 heterocycles. The van der Waals surface area contributed by atoms with Crippen LogP contribution in [0.15, 0.2) is 51.8 Å². The lowest BCUT2D eigenvalue weighted by Crippen LogP contribution is -2.24. The van der Waals surface area contributed by atoms with Crippen molar-refractivity contribution in [2.24, 2.45) is 7.05 Å². The van der Waals surface area contributed by atoms with Gasteiger partial charge in [-0.1, -0.05) is 28.9 Å². The van der Waals surface area contributed by atoms with Crippen molar-refractivity contribution >= 4 is 23.2 Å². The number of methoxy groups -OCH3 is 1. The van der Waals surface area contributed by atoms with Crippen molar-refractivity contribution in [2.45, 2.75) is 6.92 Å². The highest BCUT2D eigenvalue weighted by Crippen LogP contribution is 2.34. The number of carbonyl (C=O) groups is 1. The van der Waals surface area contributed by atoms with Crippen LogP contribution >= 0.6 is 11.6 Å². The number of halogens is 3. The summed E-state index contributed by atoms with van der Waals surface area (Å²) in [6, 6.07) is 10.1. The highest BCUT2D eigenvalue weighted by molar-refractivity contribution is 6.33. The van der Waals surface area contributed by atoms with E-state index in [-0.39, 0.29) is 27.7 Å². The summed E-state index contributed by atoms with van der Waals surface area (Å²) in [5.41, 5.74) is -1.04. The van der Waals surface area contributed by atoms with E-state index in [4.69, 9.17) is 20.9 Å². The largest absolute Gasteiger partial charge is 0.497 e. The second kappa shape index (κ2) is 8.55. The molecule has 170 valence electrons. The predicted molar refractivity (Wildman–Crippen MR) is 117 cm³/mol. The van der Waals surface area contributed by atoms with Crippen LogP contribution in [-0.4, -0.2) is 27.5 Å². The topological polar surface area (TPSA) is 91.3 Å². The minimum absolute atomic E-state index is 0.00218. The van der Waals surface area contributed by atoms with Gasteiger partial charge in [-0.2, -0.15) is 4.39 Å². The molecule has 2 aromatic heterocycles. The van der Waals surface area contributed by atoms with Gasteiger partial charge in [0.05, 0.1) is 17.8 Å². The lowest BCUT2D eigenvalue weighted by molar-refractivity contribution is 0.101. The van der Waals surface area contributed by atoms with Crippen LogP contribution in [-0.2, 0) is 7.05 Å². The fraction of sp³-hybridized carbons (Fsp3) is 0.136. The second-order valence-electron chi connectivity index (χ2n) is 7.03. The number of para-hydroxylation sites is 1. The van der Waals surface area contributed by atoms with E-state index >= 15 is 0 Å². The molecule has 4 rings (SSSR count). The maximum absolute atomic E-state index is 15.0. The molecule has 0 radical (unpaired) electrons. The Labute approximate surface area is 190 Å². The molecular formula is C22H17ClF2N4O4. The normalized spacial score (nSPS) is 11.0. The Bertz CT molecular complexity index is 1440. The average molecular weight is 475 g/mol. The zero-order valence-electron chi connectivity index (χ0n) is 17.6. The number of nitrogens with one attached hydrogen (secondary N) is 1. The van der Waals surface area contributed by atoms with Gasteiger partial charge in [0.1, 0.15) is 22.9 Å².